The Bertz CT molecular complexity index is 1320. The number of carbonyl (C=O) groups excluding carboxylic acids is 1. The van der Waals surface area contributed by atoms with Crippen molar-refractivity contribution >= 4 is 40.9 Å². The largest absolute Gasteiger partial charge is 0.477 e. The van der Waals surface area contributed by atoms with E-state index in [0.29, 0.717) is 19.6 Å². The van der Waals surface area contributed by atoms with Crippen molar-refractivity contribution in [3.05, 3.63) is 39.4 Å². The third-order valence-electron chi connectivity index (χ3n) is 7.29. The average molecular weight is 504 g/mol. The number of rotatable bonds is 4. The molecule has 0 radical (unpaired) electrons. The standard InChI is InChI=1S/C24H26FN5O4.ClH/c1-12(27)23(32)29-6-2-3-13-9-28(11-19(13)29)21-16(8-26)20-15(7-18(21)25)22(31)17(24(33)34)10-30(20)14-4-5-14;/h7,10,12-14,19H,2-6,9,11,27H2,1H3,(H,33,34);1H/t12?,13-,19+;/m0./s1. The summed E-state index contributed by atoms with van der Waals surface area (Å²) in [5.74, 6) is -2.14. The molecule has 9 nitrogen and oxygen atoms in total. The lowest BCUT2D eigenvalue weighted by molar-refractivity contribution is -0.136. The van der Waals surface area contributed by atoms with Gasteiger partial charge in [-0.15, -0.1) is 12.4 Å². The van der Waals surface area contributed by atoms with Crippen LogP contribution in [-0.2, 0) is 4.79 Å². The third kappa shape index (κ3) is 4.02. The monoisotopic (exact) mass is 503 g/mol. The Balaban J connectivity index is 0.00000289. The number of halogens is 2. The van der Waals surface area contributed by atoms with E-state index in [1.54, 1.807) is 21.3 Å². The topological polar surface area (TPSA) is 133 Å². The van der Waals surface area contributed by atoms with Crippen molar-refractivity contribution in [2.24, 2.45) is 11.7 Å². The molecule has 2 aliphatic heterocycles. The number of nitrogens with two attached hydrogens (primary N) is 1. The Morgan fingerprint density at radius 1 is 1.29 bits per heavy atom. The maximum absolute atomic E-state index is 15.6. The van der Waals surface area contributed by atoms with Gasteiger partial charge in [0.25, 0.3) is 0 Å². The van der Waals surface area contributed by atoms with E-state index in [1.807, 2.05) is 0 Å². The van der Waals surface area contributed by atoms with Crippen LogP contribution in [0.15, 0.2) is 17.1 Å². The molecule has 35 heavy (non-hydrogen) atoms. The zero-order valence-corrected chi connectivity index (χ0v) is 20.1. The number of aromatic carboxylic acids is 1. The Hall–Kier alpha value is -3.16. The van der Waals surface area contributed by atoms with Crippen LogP contribution in [0.1, 0.15) is 54.6 Å². The zero-order valence-electron chi connectivity index (χ0n) is 19.2. The minimum Gasteiger partial charge on any atom is -0.477 e. The molecule has 1 aromatic carbocycles. The molecule has 3 fully saturated rings. The smallest absolute Gasteiger partial charge is 0.341 e. The molecule has 1 aliphatic carbocycles. The highest BCUT2D eigenvalue weighted by molar-refractivity contribution is 5.96. The molecular formula is C24H27ClFN5O4. The second-order valence-electron chi connectivity index (χ2n) is 9.60. The molecule has 3 heterocycles. The number of hydrogen-bond donors (Lipinski definition) is 2. The SMILES string of the molecule is CC(N)C(=O)N1CCC[C@H]2CN(c3c(F)cc4c(=O)c(C(=O)O)cn(C5CC5)c4c3C#N)C[C@H]21.Cl. The fourth-order valence-corrected chi connectivity index (χ4v) is 5.58. The summed E-state index contributed by atoms with van der Waals surface area (Å²) in [7, 11) is 0. The molecule has 0 spiro atoms. The van der Waals surface area contributed by atoms with Crippen molar-refractivity contribution in [1.82, 2.24) is 9.47 Å². The summed E-state index contributed by atoms with van der Waals surface area (Å²) < 4.78 is 17.2. The number of piperidine rings is 1. The first-order chi connectivity index (χ1) is 16.2. The van der Waals surface area contributed by atoms with E-state index in [1.165, 1.54) is 6.20 Å². The number of benzene rings is 1. The van der Waals surface area contributed by atoms with E-state index in [4.69, 9.17) is 5.73 Å². The first-order valence-electron chi connectivity index (χ1n) is 11.6. The molecule has 3 N–H and O–H groups in total. The number of likely N-dealkylation sites (tertiary alicyclic amines) is 1. The second-order valence-corrected chi connectivity index (χ2v) is 9.60. The van der Waals surface area contributed by atoms with Gasteiger partial charge in [0.2, 0.25) is 11.3 Å². The number of anilines is 1. The minimum atomic E-state index is -1.38. The van der Waals surface area contributed by atoms with Crippen LogP contribution in [-0.4, -0.2) is 58.2 Å². The van der Waals surface area contributed by atoms with Crippen LogP contribution in [0.5, 0.6) is 0 Å². The van der Waals surface area contributed by atoms with Gasteiger partial charge >= 0.3 is 5.97 Å². The van der Waals surface area contributed by atoms with Crippen molar-refractivity contribution < 1.29 is 19.1 Å². The number of nitrogens with zero attached hydrogens (tertiary/aromatic N) is 4. The van der Waals surface area contributed by atoms with Gasteiger partial charge in [0.1, 0.15) is 23.0 Å². The lowest BCUT2D eigenvalue weighted by Gasteiger charge is -2.37. The number of aromatic nitrogens is 1. The number of carboxylic acid groups (broad SMARTS) is 1. The summed E-state index contributed by atoms with van der Waals surface area (Å²) in [6, 6.07) is 2.37. The molecule has 3 aliphatic rings. The van der Waals surface area contributed by atoms with Crippen LogP contribution >= 0.6 is 12.4 Å². The summed E-state index contributed by atoms with van der Waals surface area (Å²) in [4.78, 5) is 40.7. The van der Waals surface area contributed by atoms with Crippen LogP contribution in [0.4, 0.5) is 10.1 Å². The quantitative estimate of drug-likeness (QED) is 0.653. The lowest BCUT2D eigenvalue weighted by atomic mass is 9.91. The number of pyridine rings is 1. The van der Waals surface area contributed by atoms with Gasteiger partial charge in [-0.2, -0.15) is 5.26 Å². The normalized spacial score (nSPS) is 22.3. The van der Waals surface area contributed by atoms with E-state index in [9.17, 15) is 24.8 Å². The highest BCUT2D eigenvalue weighted by atomic mass is 35.5. The Labute approximate surface area is 207 Å². The molecule has 5 rings (SSSR count). The van der Waals surface area contributed by atoms with Gasteiger partial charge in [-0.25, -0.2) is 9.18 Å². The van der Waals surface area contributed by atoms with E-state index in [-0.39, 0.29) is 58.5 Å². The maximum Gasteiger partial charge on any atom is 0.341 e. The number of fused-ring (bicyclic) bond motifs is 2. The van der Waals surface area contributed by atoms with Crippen LogP contribution < -0.4 is 16.1 Å². The van der Waals surface area contributed by atoms with Gasteiger partial charge in [0.05, 0.1) is 28.7 Å². The van der Waals surface area contributed by atoms with Crippen LogP contribution in [0.25, 0.3) is 10.9 Å². The molecular weight excluding hydrogens is 477 g/mol. The summed E-state index contributed by atoms with van der Waals surface area (Å²) >= 11 is 0. The number of carbonyl (C=O) groups is 2. The summed E-state index contributed by atoms with van der Waals surface area (Å²) in [5.41, 5.74) is 5.01. The molecule has 3 atom stereocenters. The Morgan fingerprint density at radius 2 is 2.00 bits per heavy atom. The molecule has 2 saturated heterocycles. The van der Waals surface area contributed by atoms with Crippen molar-refractivity contribution in [3.8, 4) is 6.07 Å². The van der Waals surface area contributed by atoms with Gasteiger partial charge in [-0.05, 0) is 44.6 Å². The molecule has 2 aromatic rings. The summed E-state index contributed by atoms with van der Waals surface area (Å²) in [6.45, 7) is 3.09. The van der Waals surface area contributed by atoms with Crippen LogP contribution in [0, 0.1) is 23.1 Å². The first-order valence-corrected chi connectivity index (χ1v) is 11.6. The van der Waals surface area contributed by atoms with Gasteiger partial charge in [0, 0.05) is 31.9 Å². The van der Waals surface area contributed by atoms with Crippen LogP contribution in [0.3, 0.4) is 0 Å². The van der Waals surface area contributed by atoms with Crippen molar-refractivity contribution in [2.75, 3.05) is 24.5 Å². The molecule has 11 heteroatoms. The predicted octanol–water partition coefficient (Wildman–Crippen LogP) is 2.24. The molecule has 0 bridgehead atoms. The Kier molecular flexibility index (Phi) is 6.51. The van der Waals surface area contributed by atoms with Crippen molar-refractivity contribution in [2.45, 2.75) is 50.7 Å². The average Bonchev–Trinajstić information content (AvgIpc) is 3.55. The predicted molar refractivity (Wildman–Crippen MR) is 129 cm³/mol. The first kappa shape index (κ1) is 24.9. The van der Waals surface area contributed by atoms with E-state index >= 15 is 4.39 Å². The fourth-order valence-electron chi connectivity index (χ4n) is 5.58. The zero-order chi connectivity index (χ0) is 24.3. The molecule has 1 saturated carbocycles. The van der Waals surface area contributed by atoms with Crippen molar-refractivity contribution in [1.29, 1.82) is 5.26 Å². The van der Waals surface area contributed by atoms with Gasteiger partial charge in [0.15, 0.2) is 0 Å². The molecule has 1 unspecified atom stereocenters. The lowest BCUT2D eigenvalue weighted by Crippen LogP contribution is -2.53. The van der Waals surface area contributed by atoms with E-state index < -0.39 is 28.8 Å². The van der Waals surface area contributed by atoms with Gasteiger partial charge in [-0.3, -0.25) is 9.59 Å². The number of hydrogen-bond acceptors (Lipinski definition) is 6. The number of amides is 1. The number of carboxylic acids is 1. The molecule has 1 aromatic heterocycles. The molecule has 1 amide bonds. The highest BCUT2D eigenvalue weighted by Gasteiger charge is 2.43. The molecule has 186 valence electrons. The fraction of sp³-hybridized carbons (Fsp3) is 0.500. The minimum absolute atomic E-state index is 0. The van der Waals surface area contributed by atoms with Gasteiger partial charge in [-0.1, -0.05) is 0 Å². The van der Waals surface area contributed by atoms with Crippen molar-refractivity contribution in [3.63, 3.8) is 0 Å². The summed E-state index contributed by atoms with van der Waals surface area (Å²) in [6.07, 6.45) is 4.57. The third-order valence-corrected chi connectivity index (χ3v) is 7.29. The summed E-state index contributed by atoms with van der Waals surface area (Å²) in [5, 5.41) is 19.5. The van der Waals surface area contributed by atoms with E-state index in [0.717, 1.165) is 31.7 Å². The van der Waals surface area contributed by atoms with Crippen LogP contribution in [0.2, 0.25) is 0 Å². The Morgan fingerprint density at radius 3 is 2.60 bits per heavy atom. The number of nitriles is 1. The second kappa shape index (κ2) is 9.13. The van der Waals surface area contributed by atoms with Gasteiger partial charge < -0.3 is 25.2 Å². The highest BCUT2D eigenvalue weighted by Crippen LogP contribution is 2.42. The van der Waals surface area contributed by atoms with E-state index in [2.05, 4.69) is 6.07 Å². The maximum atomic E-state index is 15.6.